The Kier molecular flexibility index (Phi) is 7.00. The van der Waals surface area contributed by atoms with Crippen LogP contribution >= 0.6 is 0 Å². The predicted molar refractivity (Wildman–Crippen MR) is 97.1 cm³/mol. The largest absolute Gasteiger partial charge is 0.496 e. The summed E-state index contributed by atoms with van der Waals surface area (Å²) in [6.07, 6.45) is -7.91. The van der Waals surface area contributed by atoms with Crippen LogP contribution in [0.2, 0.25) is 0 Å². The molecule has 2 rings (SSSR count). The van der Waals surface area contributed by atoms with Crippen LogP contribution < -0.4 is 14.8 Å². The number of aliphatic hydroxyl groups excluding tert-OH is 1. The number of halogens is 4. The lowest BCUT2D eigenvalue weighted by atomic mass is 10.2. The third-order valence-electron chi connectivity index (χ3n) is 3.83. The fraction of sp³-hybridized carbons (Fsp3) is 0.294. The number of amides is 1. The zero-order valence-corrected chi connectivity index (χ0v) is 16.4. The summed E-state index contributed by atoms with van der Waals surface area (Å²) < 4.78 is 81.6. The minimum absolute atomic E-state index is 0.0133. The molecule has 0 saturated heterocycles. The van der Waals surface area contributed by atoms with Gasteiger partial charge in [0.1, 0.15) is 17.4 Å². The molecule has 1 heterocycles. The number of anilines is 1. The van der Waals surface area contributed by atoms with E-state index >= 15 is 0 Å². The number of methoxy groups -OCH3 is 1. The van der Waals surface area contributed by atoms with Crippen molar-refractivity contribution in [1.82, 2.24) is 9.71 Å². The smallest absolute Gasteiger partial charge is 0.415 e. The number of pyridine rings is 1. The van der Waals surface area contributed by atoms with Crippen LogP contribution in [-0.4, -0.2) is 50.4 Å². The van der Waals surface area contributed by atoms with Crippen LogP contribution in [-0.2, 0) is 10.0 Å². The summed E-state index contributed by atoms with van der Waals surface area (Å²) in [6, 6.07) is 5.29. The Morgan fingerprint density at radius 2 is 1.93 bits per heavy atom. The molecule has 0 bridgehead atoms. The van der Waals surface area contributed by atoms with Gasteiger partial charge in [-0.05, 0) is 37.3 Å². The Labute approximate surface area is 168 Å². The Morgan fingerprint density at radius 3 is 2.50 bits per heavy atom. The van der Waals surface area contributed by atoms with Crippen molar-refractivity contribution < 1.29 is 40.6 Å². The number of nitrogens with zero attached hydrogens (tertiary/aromatic N) is 1. The summed E-state index contributed by atoms with van der Waals surface area (Å²) in [5, 5.41) is 11.3. The number of rotatable bonds is 7. The molecular formula is C17H17F4N3O5S. The Balaban J connectivity index is 2.29. The molecule has 30 heavy (non-hydrogen) atoms. The predicted octanol–water partition coefficient (Wildman–Crippen LogP) is 1.99. The van der Waals surface area contributed by atoms with E-state index in [1.165, 1.54) is 20.1 Å². The molecule has 0 saturated carbocycles. The molecule has 0 aliphatic carbocycles. The Bertz CT molecular complexity index is 1040. The fourth-order valence-corrected chi connectivity index (χ4v) is 3.28. The zero-order valence-electron chi connectivity index (χ0n) is 15.6. The molecule has 1 aromatic carbocycles. The summed E-state index contributed by atoms with van der Waals surface area (Å²) in [4.78, 5) is 15.8. The number of carbonyl (C=O) groups excluding carboxylic acids is 1. The van der Waals surface area contributed by atoms with Gasteiger partial charge in [-0.2, -0.15) is 13.2 Å². The van der Waals surface area contributed by atoms with Gasteiger partial charge in [-0.3, -0.25) is 4.79 Å². The number of hydrogen-bond donors (Lipinski definition) is 3. The molecule has 1 amide bonds. The molecule has 1 aromatic heterocycles. The molecule has 0 spiro atoms. The van der Waals surface area contributed by atoms with Crippen molar-refractivity contribution in [2.24, 2.45) is 0 Å². The van der Waals surface area contributed by atoms with Crippen LogP contribution in [0.1, 0.15) is 16.1 Å². The summed E-state index contributed by atoms with van der Waals surface area (Å²) in [5.74, 6) is -1.48. The van der Waals surface area contributed by atoms with Crippen LogP contribution in [0.4, 0.5) is 23.4 Å². The molecule has 0 unspecified atom stereocenters. The van der Waals surface area contributed by atoms with Gasteiger partial charge in [0.2, 0.25) is 10.0 Å². The van der Waals surface area contributed by atoms with Crippen LogP contribution in [0.15, 0.2) is 35.2 Å². The number of nitrogens with one attached hydrogen (secondary N) is 2. The molecule has 0 aliphatic rings. The maximum atomic E-state index is 13.3. The molecule has 8 nitrogen and oxygen atoms in total. The van der Waals surface area contributed by atoms with Gasteiger partial charge < -0.3 is 15.2 Å². The lowest BCUT2D eigenvalue weighted by Crippen LogP contribution is -2.40. The summed E-state index contributed by atoms with van der Waals surface area (Å²) >= 11 is 0. The number of aliphatic hydroxyl groups is 1. The van der Waals surface area contributed by atoms with Crippen LogP contribution in [0.5, 0.6) is 5.75 Å². The van der Waals surface area contributed by atoms with E-state index in [4.69, 9.17) is 9.84 Å². The van der Waals surface area contributed by atoms with Crippen molar-refractivity contribution in [1.29, 1.82) is 0 Å². The number of hydrogen-bond acceptors (Lipinski definition) is 6. The maximum Gasteiger partial charge on any atom is 0.415 e. The second-order valence-electron chi connectivity index (χ2n) is 5.99. The average molecular weight is 451 g/mol. The highest BCUT2D eigenvalue weighted by Gasteiger charge is 2.38. The van der Waals surface area contributed by atoms with Crippen LogP contribution in [0.25, 0.3) is 0 Å². The number of aromatic nitrogens is 1. The van der Waals surface area contributed by atoms with Gasteiger partial charge in [-0.15, -0.1) is 0 Å². The van der Waals surface area contributed by atoms with Gasteiger partial charge >= 0.3 is 6.18 Å². The van der Waals surface area contributed by atoms with Crippen LogP contribution in [0.3, 0.4) is 0 Å². The van der Waals surface area contributed by atoms with Gasteiger partial charge in [-0.25, -0.2) is 22.5 Å². The highest BCUT2D eigenvalue weighted by Crippen LogP contribution is 2.24. The number of aryl methyl sites for hydroxylation is 1. The lowest BCUT2D eigenvalue weighted by molar-refractivity contribution is -0.200. The van der Waals surface area contributed by atoms with Crippen molar-refractivity contribution >= 4 is 21.7 Å². The highest BCUT2D eigenvalue weighted by atomic mass is 32.2. The first kappa shape index (κ1) is 23.5. The molecule has 2 aromatic rings. The summed E-state index contributed by atoms with van der Waals surface area (Å²) in [6.45, 7) is 0.0674. The molecular weight excluding hydrogens is 434 g/mol. The summed E-state index contributed by atoms with van der Waals surface area (Å²) in [5.41, 5.74) is -0.246. The van der Waals surface area contributed by atoms with E-state index in [0.717, 1.165) is 24.3 Å². The van der Waals surface area contributed by atoms with Crippen molar-refractivity contribution in [2.45, 2.75) is 24.1 Å². The maximum absolute atomic E-state index is 13.3. The minimum atomic E-state index is -5.01. The molecule has 0 radical (unpaired) electrons. The number of carbonyl (C=O) groups is 1. The van der Waals surface area contributed by atoms with Gasteiger partial charge in [0.25, 0.3) is 5.91 Å². The number of alkyl halides is 3. The topological polar surface area (TPSA) is 118 Å². The number of benzene rings is 1. The SMILES string of the molecule is COc1ccc(S(=O)(=O)NC[C@H](O)C(F)(F)F)cc1C(=O)Nc1ccc(F)c(C)n1. The quantitative estimate of drug-likeness (QED) is 0.555. The third kappa shape index (κ3) is 5.64. The first-order valence-corrected chi connectivity index (χ1v) is 9.70. The van der Waals surface area contributed by atoms with Crippen molar-refractivity contribution in [2.75, 3.05) is 19.0 Å². The number of ether oxygens (including phenoxy) is 1. The Hall–Kier alpha value is -2.77. The molecule has 13 heteroatoms. The van der Waals surface area contributed by atoms with Gasteiger partial charge in [0.15, 0.2) is 6.10 Å². The van der Waals surface area contributed by atoms with E-state index in [9.17, 15) is 30.8 Å². The first-order valence-electron chi connectivity index (χ1n) is 8.22. The van der Waals surface area contributed by atoms with Gasteiger partial charge in [0, 0.05) is 6.54 Å². The molecule has 0 aliphatic heterocycles. The highest BCUT2D eigenvalue weighted by molar-refractivity contribution is 7.89. The standard InChI is InChI=1S/C17H17F4N3O5S/c1-9-12(18)4-6-15(23-9)24-16(26)11-7-10(3-5-13(11)29-2)30(27,28)22-8-14(25)17(19,20)21/h3-7,14,22,25H,8H2,1-2H3,(H,23,24,26)/t14-/m0/s1. The molecule has 1 atom stereocenters. The molecule has 0 fully saturated rings. The normalized spacial score (nSPS) is 13.0. The van der Waals surface area contributed by atoms with Gasteiger partial charge in [0.05, 0.1) is 23.3 Å². The fourth-order valence-electron chi connectivity index (χ4n) is 2.22. The zero-order chi connectivity index (χ0) is 22.7. The van der Waals surface area contributed by atoms with E-state index in [0.29, 0.717) is 0 Å². The Morgan fingerprint density at radius 1 is 1.27 bits per heavy atom. The minimum Gasteiger partial charge on any atom is -0.496 e. The van der Waals surface area contributed by atoms with E-state index in [1.54, 1.807) is 4.72 Å². The monoisotopic (exact) mass is 451 g/mol. The third-order valence-corrected chi connectivity index (χ3v) is 5.25. The number of sulfonamides is 1. The average Bonchev–Trinajstić information content (AvgIpc) is 2.67. The first-order chi connectivity index (χ1) is 13.8. The second kappa shape index (κ2) is 8.93. The second-order valence-corrected chi connectivity index (χ2v) is 7.76. The van der Waals surface area contributed by atoms with Crippen molar-refractivity contribution in [3.63, 3.8) is 0 Å². The lowest BCUT2D eigenvalue weighted by Gasteiger charge is -2.16. The molecule has 3 N–H and O–H groups in total. The summed E-state index contributed by atoms with van der Waals surface area (Å²) in [7, 11) is -3.27. The van der Waals surface area contributed by atoms with E-state index in [1.807, 2.05) is 0 Å². The van der Waals surface area contributed by atoms with Gasteiger partial charge in [-0.1, -0.05) is 0 Å². The van der Waals surface area contributed by atoms with Crippen molar-refractivity contribution in [3.05, 3.63) is 47.4 Å². The van der Waals surface area contributed by atoms with Crippen molar-refractivity contribution in [3.8, 4) is 5.75 Å². The van der Waals surface area contributed by atoms with E-state index in [2.05, 4.69) is 10.3 Å². The van der Waals surface area contributed by atoms with Crippen LogP contribution in [0, 0.1) is 12.7 Å². The molecule has 164 valence electrons. The van der Waals surface area contributed by atoms with E-state index < -0.39 is 45.5 Å². The van der Waals surface area contributed by atoms with E-state index in [-0.39, 0.29) is 22.8 Å².